The first-order valence-corrected chi connectivity index (χ1v) is 11.4. The van der Waals surface area contributed by atoms with Crippen LogP contribution in [0.1, 0.15) is 53.2 Å². The molecule has 0 aliphatic heterocycles. The summed E-state index contributed by atoms with van der Waals surface area (Å²) in [5, 5.41) is 3.76. The first kappa shape index (κ1) is 19.4. The molecule has 4 rings (SSSR count). The molecule has 1 amide bonds. The van der Waals surface area contributed by atoms with E-state index in [0.717, 1.165) is 36.8 Å². The van der Waals surface area contributed by atoms with Crippen molar-refractivity contribution in [3.63, 3.8) is 0 Å². The molecule has 0 saturated heterocycles. The molecule has 28 heavy (non-hydrogen) atoms. The lowest BCUT2D eigenvalue weighted by Crippen LogP contribution is -2.31. The molecule has 2 fully saturated rings. The molecule has 1 atom stereocenters. The molecule has 0 spiro atoms. The number of aryl methyl sites for hydroxylation is 1. The van der Waals surface area contributed by atoms with E-state index >= 15 is 0 Å². The van der Waals surface area contributed by atoms with Crippen LogP contribution < -0.4 is 10.0 Å². The van der Waals surface area contributed by atoms with Gasteiger partial charge in [-0.2, -0.15) is 0 Å². The van der Waals surface area contributed by atoms with Crippen molar-refractivity contribution < 1.29 is 13.2 Å². The van der Waals surface area contributed by atoms with E-state index in [4.69, 9.17) is 11.6 Å². The molecule has 0 bridgehead atoms. The van der Waals surface area contributed by atoms with E-state index in [2.05, 4.69) is 10.0 Å². The van der Waals surface area contributed by atoms with Crippen molar-refractivity contribution in [1.29, 1.82) is 0 Å². The molecule has 0 aromatic heterocycles. The Morgan fingerprint density at radius 2 is 1.75 bits per heavy atom. The second kappa shape index (κ2) is 7.50. The smallest absolute Gasteiger partial charge is 0.252 e. The number of hydrogen-bond donors (Lipinski definition) is 2. The Kier molecular flexibility index (Phi) is 5.21. The van der Waals surface area contributed by atoms with E-state index in [1.807, 2.05) is 31.2 Å². The van der Waals surface area contributed by atoms with Crippen LogP contribution >= 0.6 is 11.6 Å². The number of carbonyl (C=O) groups is 1. The van der Waals surface area contributed by atoms with Gasteiger partial charge in [-0.15, -0.1) is 0 Å². The molecule has 2 aliphatic rings. The van der Waals surface area contributed by atoms with Crippen LogP contribution in [0.25, 0.3) is 0 Å². The lowest BCUT2D eigenvalue weighted by Gasteiger charge is -2.20. The lowest BCUT2D eigenvalue weighted by molar-refractivity contribution is 0.0931. The van der Waals surface area contributed by atoms with Gasteiger partial charge in [-0.1, -0.05) is 29.8 Å². The van der Waals surface area contributed by atoms with Crippen LogP contribution in [0.4, 0.5) is 0 Å². The SMILES string of the molecule is Cc1ccc(S(=O)(=O)NC2CC2)cc1C(=O)NC(c1ccc(Cl)cc1)C1CC1. The molecule has 7 heteroatoms. The minimum Gasteiger partial charge on any atom is -0.345 e. The standard InChI is InChI=1S/C21H23ClN2O3S/c1-13-2-11-18(28(26,27)24-17-9-10-17)12-19(13)21(25)23-20(14-3-4-14)15-5-7-16(22)8-6-15/h2,5-8,11-12,14,17,20,24H,3-4,9-10H2,1H3,(H,23,25). The van der Waals surface area contributed by atoms with Gasteiger partial charge >= 0.3 is 0 Å². The van der Waals surface area contributed by atoms with Gasteiger partial charge in [-0.05, 0) is 73.9 Å². The van der Waals surface area contributed by atoms with Crippen molar-refractivity contribution >= 4 is 27.5 Å². The number of halogens is 1. The lowest BCUT2D eigenvalue weighted by atomic mass is 10.0. The summed E-state index contributed by atoms with van der Waals surface area (Å²) < 4.78 is 27.7. The fourth-order valence-corrected chi connectivity index (χ4v) is 4.75. The van der Waals surface area contributed by atoms with Crippen LogP contribution in [0.3, 0.4) is 0 Å². The number of hydrogen-bond acceptors (Lipinski definition) is 3. The molecule has 148 valence electrons. The average Bonchev–Trinajstić information content (AvgIpc) is 3.55. The zero-order chi connectivity index (χ0) is 19.9. The van der Waals surface area contributed by atoms with Gasteiger partial charge in [-0.3, -0.25) is 4.79 Å². The van der Waals surface area contributed by atoms with Gasteiger partial charge in [0.15, 0.2) is 0 Å². The largest absolute Gasteiger partial charge is 0.345 e. The third-order valence-electron chi connectivity index (χ3n) is 5.27. The molecule has 2 saturated carbocycles. The summed E-state index contributed by atoms with van der Waals surface area (Å²) >= 11 is 5.98. The third-order valence-corrected chi connectivity index (χ3v) is 7.04. The van der Waals surface area contributed by atoms with Gasteiger partial charge in [0.05, 0.1) is 10.9 Å². The molecule has 0 heterocycles. The minimum atomic E-state index is -3.60. The molecule has 1 unspecified atom stereocenters. The normalized spacial score (nSPS) is 17.9. The Morgan fingerprint density at radius 1 is 1.07 bits per heavy atom. The highest BCUT2D eigenvalue weighted by atomic mass is 35.5. The summed E-state index contributed by atoms with van der Waals surface area (Å²) in [4.78, 5) is 13.1. The van der Waals surface area contributed by atoms with Gasteiger partial charge in [-0.25, -0.2) is 13.1 Å². The highest BCUT2D eigenvalue weighted by molar-refractivity contribution is 7.89. The Hall–Kier alpha value is -1.89. The predicted octanol–water partition coefficient (Wildman–Crippen LogP) is 3.97. The highest BCUT2D eigenvalue weighted by Gasteiger charge is 2.34. The van der Waals surface area contributed by atoms with Gasteiger partial charge in [0.25, 0.3) is 5.91 Å². The summed E-state index contributed by atoms with van der Waals surface area (Å²) in [5.74, 6) is 0.140. The predicted molar refractivity (Wildman–Crippen MR) is 109 cm³/mol. The van der Waals surface area contributed by atoms with Crippen molar-refractivity contribution in [3.8, 4) is 0 Å². The van der Waals surface area contributed by atoms with Crippen LogP contribution in [-0.4, -0.2) is 20.4 Å². The van der Waals surface area contributed by atoms with Crippen molar-refractivity contribution in [2.45, 2.75) is 49.6 Å². The number of nitrogens with one attached hydrogen (secondary N) is 2. The topological polar surface area (TPSA) is 75.3 Å². The number of carbonyl (C=O) groups excluding carboxylic acids is 1. The second-order valence-electron chi connectivity index (χ2n) is 7.71. The number of benzene rings is 2. The van der Waals surface area contributed by atoms with E-state index in [1.165, 1.54) is 6.07 Å². The molecule has 2 aromatic carbocycles. The van der Waals surface area contributed by atoms with Crippen LogP contribution in [0.15, 0.2) is 47.4 Å². The third kappa shape index (κ3) is 4.40. The Morgan fingerprint density at radius 3 is 2.36 bits per heavy atom. The molecule has 2 N–H and O–H groups in total. The Balaban J connectivity index is 1.58. The second-order valence-corrected chi connectivity index (χ2v) is 9.86. The van der Waals surface area contributed by atoms with E-state index in [0.29, 0.717) is 16.5 Å². The number of amides is 1. The van der Waals surface area contributed by atoms with Crippen LogP contribution in [0, 0.1) is 12.8 Å². The minimum absolute atomic E-state index is 0.0210. The first-order chi connectivity index (χ1) is 13.3. The van der Waals surface area contributed by atoms with Crippen molar-refractivity contribution in [3.05, 3.63) is 64.2 Å². The van der Waals surface area contributed by atoms with Gasteiger partial charge < -0.3 is 5.32 Å². The summed E-state index contributed by atoms with van der Waals surface area (Å²) in [6.07, 6.45) is 3.85. The van der Waals surface area contributed by atoms with E-state index in [9.17, 15) is 13.2 Å². The maximum Gasteiger partial charge on any atom is 0.252 e. The van der Waals surface area contributed by atoms with Crippen LogP contribution in [0.2, 0.25) is 5.02 Å². The summed E-state index contributed by atoms with van der Waals surface area (Å²) in [5.41, 5.74) is 2.14. The van der Waals surface area contributed by atoms with Gasteiger partial charge in [0.2, 0.25) is 10.0 Å². The molecule has 5 nitrogen and oxygen atoms in total. The Labute approximate surface area is 170 Å². The zero-order valence-corrected chi connectivity index (χ0v) is 17.2. The quantitative estimate of drug-likeness (QED) is 0.714. The maximum atomic E-state index is 13.0. The van der Waals surface area contributed by atoms with Crippen molar-refractivity contribution in [2.75, 3.05) is 0 Å². The van der Waals surface area contributed by atoms with E-state index < -0.39 is 10.0 Å². The molecule has 2 aliphatic carbocycles. The Bertz CT molecular complexity index is 997. The monoisotopic (exact) mass is 418 g/mol. The average molecular weight is 419 g/mol. The van der Waals surface area contributed by atoms with Gasteiger partial charge in [0, 0.05) is 16.6 Å². The van der Waals surface area contributed by atoms with E-state index in [-0.39, 0.29) is 22.9 Å². The zero-order valence-electron chi connectivity index (χ0n) is 15.6. The molecule has 0 radical (unpaired) electrons. The molecular formula is C21H23ClN2O3S. The number of rotatable bonds is 7. The van der Waals surface area contributed by atoms with Crippen molar-refractivity contribution in [1.82, 2.24) is 10.0 Å². The number of sulfonamides is 1. The molecule has 2 aromatic rings. The summed E-state index contributed by atoms with van der Waals surface area (Å²) in [6, 6.07) is 12.1. The first-order valence-electron chi connectivity index (χ1n) is 9.53. The van der Waals surface area contributed by atoms with Crippen LogP contribution in [-0.2, 0) is 10.0 Å². The van der Waals surface area contributed by atoms with Crippen LogP contribution in [0.5, 0.6) is 0 Å². The summed E-state index contributed by atoms with van der Waals surface area (Å²) in [7, 11) is -3.60. The fourth-order valence-electron chi connectivity index (χ4n) is 3.29. The highest BCUT2D eigenvalue weighted by Crippen LogP contribution is 2.41. The fraction of sp³-hybridized carbons (Fsp3) is 0.381. The maximum absolute atomic E-state index is 13.0. The van der Waals surface area contributed by atoms with Gasteiger partial charge in [0.1, 0.15) is 0 Å². The molecular weight excluding hydrogens is 396 g/mol. The summed E-state index contributed by atoms with van der Waals surface area (Å²) in [6.45, 7) is 1.81. The van der Waals surface area contributed by atoms with E-state index in [1.54, 1.807) is 12.1 Å². The van der Waals surface area contributed by atoms with Crippen molar-refractivity contribution in [2.24, 2.45) is 5.92 Å².